The second-order valence-electron chi connectivity index (χ2n) is 7.67. The van der Waals surface area contributed by atoms with E-state index >= 15 is 0 Å². The molecule has 0 amide bonds. The summed E-state index contributed by atoms with van der Waals surface area (Å²) in [5.74, 6) is -0.556. The van der Waals surface area contributed by atoms with Crippen molar-refractivity contribution >= 4 is 5.97 Å². The van der Waals surface area contributed by atoms with E-state index in [-0.39, 0.29) is 29.6 Å². The van der Waals surface area contributed by atoms with Crippen molar-refractivity contribution in [3.05, 3.63) is 6.92 Å². The van der Waals surface area contributed by atoms with Crippen molar-refractivity contribution in [3.63, 3.8) is 0 Å². The van der Waals surface area contributed by atoms with Gasteiger partial charge in [-0.25, -0.2) is 0 Å². The Hall–Kier alpha value is 0.430. The Labute approximate surface area is 186 Å². The SMILES string of the molecule is CC(C)CC(N)C(=O)O.[CH2-]CCCCCCCCCCCCCCC.[Na+]. The Morgan fingerprint density at radius 3 is 1.42 bits per heavy atom. The fraction of sp³-hybridized carbons (Fsp3) is 0.909. The van der Waals surface area contributed by atoms with Crippen LogP contribution in [0.1, 0.15) is 117 Å². The molecular weight excluding hydrogens is 333 g/mol. The molecule has 0 rings (SSSR count). The largest absolute Gasteiger partial charge is 1.00 e. The number of nitrogens with two attached hydrogens (primary N) is 1. The van der Waals surface area contributed by atoms with Crippen molar-refractivity contribution in [1.29, 1.82) is 0 Å². The third-order valence-corrected chi connectivity index (χ3v) is 4.40. The normalized spacial score (nSPS) is 11.5. The topological polar surface area (TPSA) is 63.3 Å². The van der Waals surface area contributed by atoms with Crippen molar-refractivity contribution < 1.29 is 39.5 Å². The van der Waals surface area contributed by atoms with E-state index in [9.17, 15) is 4.79 Å². The molecule has 1 unspecified atom stereocenters. The van der Waals surface area contributed by atoms with Crippen LogP contribution in [-0.4, -0.2) is 17.1 Å². The van der Waals surface area contributed by atoms with Crippen molar-refractivity contribution in [3.8, 4) is 0 Å². The van der Waals surface area contributed by atoms with Gasteiger partial charge >= 0.3 is 35.5 Å². The molecule has 1 atom stereocenters. The second kappa shape index (κ2) is 25.4. The molecule has 26 heavy (non-hydrogen) atoms. The molecule has 152 valence electrons. The molecule has 0 fully saturated rings. The van der Waals surface area contributed by atoms with Crippen LogP contribution in [0.5, 0.6) is 0 Å². The molecule has 0 aromatic heterocycles. The van der Waals surface area contributed by atoms with Gasteiger partial charge in [-0.15, -0.1) is 0 Å². The van der Waals surface area contributed by atoms with E-state index < -0.39 is 12.0 Å². The molecule has 0 spiro atoms. The molecule has 0 aliphatic rings. The summed E-state index contributed by atoms with van der Waals surface area (Å²) in [4.78, 5) is 10.1. The number of rotatable bonds is 16. The molecule has 0 aliphatic carbocycles. The van der Waals surface area contributed by atoms with Gasteiger partial charge in [0.1, 0.15) is 6.04 Å². The first-order chi connectivity index (χ1) is 12.0. The number of hydrogen-bond donors (Lipinski definition) is 2. The molecule has 0 heterocycles. The summed E-state index contributed by atoms with van der Waals surface area (Å²) < 4.78 is 0. The molecule has 0 saturated heterocycles. The Kier molecular flexibility index (Phi) is 30.5. The van der Waals surface area contributed by atoms with Crippen LogP contribution in [0.25, 0.3) is 0 Å². The Morgan fingerprint density at radius 2 is 1.19 bits per heavy atom. The Bertz CT molecular complexity index is 259. The van der Waals surface area contributed by atoms with Crippen LogP contribution < -0.4 is 35.3 Å². The van der Waals surface area contributed by atoms with Crippen molar-refractivity contribution in [2.24, 2.45) is 11.7 Å². The average Bonchev–Trinajstić information content (AvgIpc) is 2.56. The van der Waals surface area contributed by atoms with E-state index in [4.69, 9.17) is 10.8 Å². The van der Waals surface area contributed by atoms with E-state index in [0.717, 1.165) is 6.42 Å². The third kappa shape index (κ3) is 29.2. The predicted molar refractivity (Wildman–Crippen MR) is 111 cm³/mol. The maximum atomic E-state index is 10.1. The predicted octanol–water partition coefficient (Wildman–Crippen LogP) is 3.75. The van der Waals surface area contributed by atoms with Gasteiger partial charge in [-0.3, -0.25) is 4.79 Å². The van der Waals surface area contributed by atoms with Crippen LogP contribution in [0.15, 0.2) is 0 Å². The van der Waals surface area contributed by atoms with Gasteiger partial charge in [-0.2, -0.15) is 6.42 Å². The summed E-state index contributed by atoms with van der Waals surface area (Å²) in [6.07, 6.45) is 20.4. The van der Waals surface area contributed by atoms with Gasteiger partial charge in [0.15, 0.2) is 0 Å². The quantitative estimate of drug-likeness (QED) is 0.244. The van der Waals surface area contributed by atoms with E-state index in [0.29, 0.717) is 12.3 Å². The number of carbonyl (C=O) groups is 1. The summed E-state index contributed by atoms with van der Waals surface area (Å²) in [6, 6.07) is -0.690. The third-order valence-electron chi connectivity index (χ3n) is 4.40. The standard InChI is InChI=1S/C16H33.C6H13NO2.Na/c1-3-5-7-9-11-13-15-16-14-12-10-8-6-4-2;1-4(2)3-5(7)6(8)9;/h1,3-16H2,2H3;4-5H,3,7H2,1-2H3,(H,8,9);/q-1;;+1. The van der Waals surface area contributed by atoms with E-state index in [1.165, 1.54) is 83.5 Å². The van der Waals surface area contributed by atoms with E-state index in [1.807, 2.05) is 13.8 Å². The summed E-state index contributed by atoms with van der Waals surface area (Å²) >= 11 is 0. The second-order valence-corrected chi connectivity index (χ2v) is 7.67. The monoisotopic (exact) mass is 379 g/mol. The molecule has 0 aromatic rings. The van der Waals surface area contributed by atoms with Gasteiger partial charge in [0.25, 0.3) is 0 Å². The zero-order valence-corrected chi connectivity index (χ0v) is 20.4. The molecule has 0 radical (unpaired) electrons. The summed E-state index contributed by atoms with van der Waals surface area (Å²) in [5, 5.41) is 8.31. The minimum Gasteiger partial charge on any atom is -0.480 e. The molecule has 3 nitrogen and oxygen atoms in total. The van der Waals surface area contributed by atoms with Crippen LogP contribution in [-0.2, 0) is 4.79 Å². The van der Waals surface area contributed by atoms with Crippen LogP contribution >= 0.6 is 0 Å². The van der Waals surface area contributed by atoms with Gasteiger partial charge in [0.2, 0.25) is 0 Å². The Balaban J connectivity index is -0.000000453. The molecular formula is C22H46NNaO2. The van der Waals surface area contributed by atoms with Gasteiger partial charge in [-0.05, 0) is 12.3 Å². The molecule has 0 aromatic carbocycles. The summed E-state index contributed by atoms with van der Waals surface area (Å²) in [5.41, 5.74) is 5.22. The molecule has 0 bridgehead atoms. The van der Waals surface area contributed by atoms with E-state index in [2.05, 4.69) is 13.8 Å². The minimum atomic E-state index is -0.913. The van der Waals surface area contributed by atoms with Gasteiger partial charge in [0, 0.05) is 0 Å². The fourth-order valence-electron chi connectivity index (χ4n) is 2.80. The molecule has 3 N–H and O–H groups in total. The first kappa shape index (κ1) is 31.1. The van der Waals surface area contributed by atoms with Gasteiger partial charge in [0.05, 0.1) is 0 Å². The van der Waals surface area contributed by atoms with Crippen LogP contribution in [0.4, 0.5) is 0 Å². The van der Waals surface area contributed by atoms with Crippen molar-refractivity contribution in [1.82, 2.24) is 0 Å². The maximum absolute atomic E-state index is 10.1. The smallest absolute Gasteiger partial charge is 0.480 e. The molecule has 4 heteroatoms. The first-order valence-electron chi connectivity index (χ1n) is 10.7. The molecule has 0 aliphatic heterocycles. The van der Waals surface area contributed by atoms with Crippen LogP contribution in [0.3, 0.4) is 0 Å². The number of aliphatic carboxylic acids is 1. The summed E-state index contributed by atoms with van der Waals surface area (Å²) in [6.45, 7) is 10.1. The number of hydrogen-bond acceptors (Lipinski definition) is 2. The fourth-order valence-corrected chi connectivity index (χ4v) is 2.80. The number of carboxylic acids is 1. The molecule has 0 saturated carbocycles. The number of carboxylic acid groups (broad SMARTS) is 1. The van der Waals surface area contributed by atoms with Crippen LogP contribution in [0, 0.1) is 12.8 Å². The van der Waals surface area contributed by atoms with Gasteiger partial charge < -0.3 is 17.8 Å². The minimum absolute atomic E-state index is 0. The number of unbranched alkanes of at least 4 members (excludes halogenated alkanes) is 13. The summed E-state index contributed by atoms with van der Waals surface area (Å²) in [7, 11) is 0. The zero-order valence-electron chi connectivity index (χ0n) is 18.4. The zero-order chi connectivity index (χ0) is 19.3. The Morgan fingerprint density at radius 1 is 0.846 bits per heavy atom. The van der Waals surface area contributed by atoms with Crippen molar-refractivity contribution in [2.45, 2.75) is 123 Å². The van der Waals surface area contributed by atoms with Gasteiger partial charge in [-0.1, -0.05) is 104 Å². The average molecular weight is 380 g/mol. The van der Waals surface area contributed by atoms with Crippen LogP contribution in [0.2, 0.25) is 0 Å². The first-order valence-corrected chi connectivity index (χ1v) is 10.7. The van der Waals surface area contributed by atoms with Crippen molar-refractivity contribution in [2.75, 3.05) is 0 Å². The van der Waals surface area contributed by atoms with E-state index in [1.54, 1.807) is 0 Å². The maximum Gasteiger partial charge on any atom is 1.00 e.